The Hall–Kier alpha value is -1.56. The number of nitrogens with one attached hydrogen (secondary N) is 1. The van der Waals surface area contributed by atoms with E-state index in [-0.39, 0.29) is 5.56 Å². The molecule has 0 amide bonds. The van der Waals surface area contributed by atoms with Crippen LogP contribution in [0.4, 0.5) is 5.82 Å². The van der Waals surface area contributed by atoms with Crippen molar-refractivity contribution in [3.05, 3.63) is 45.3 Å². The molecule has 0 spiro atoms. The number of anilines is 1. The number of furan rings is 1. The van der Waals surface area contributed by atoms with Gasteiger partial charge in [-0.25, -0.2) is 4.98 Å². The molecule has 1 saturated carbocycles. The SMILES string of the molecule is O=c1[nH]cnc(N(Cc2ccco2)C2CC2)c1Br. The monoisotopic (exact) mass is 309 g/mol. The van der Waals surface area contributed by atoms with Crippen LogP contribution >= 0.6 is 15.9 Å². The van der Waals surface area contributed by atoms with E-state index < -0.39 is 0 Å². The molecule has 1 aliphatic rings. The summed E-state index contributed by atoms with van der Waals surface area (Å²) in [6.07, 6.45) is 5.34. The third-order valence-corrected chi connectivity index (χ3v) is 3.66. The molecule has 3 rings (SSSR count). The van der Waals surface area contributed by atoms with Crippen LogP contribution in [-0.2, 0) is 6.54 Å². The summed E-state index contributed by atoms with van der Waals surface area (Å²) >= 11 is 3.30. The van der Waals surface area contributed by atoms with Gasteiger partial charge in [0.05, 0.1) is 19.1 Å². The van der Waals surface area contributed by atoms with Crippen molar-refractivity contribution in [1.82, 2.24) is 9.97 Å². The van der Waals surface area contributed by atoms with E-state index in [2.05, 4.69) is 30.8 Å². The molecule has 2 aromatic rings. The van der Waals surface area contributed by atoms with Crippen LogP contribution in [0.1, 0.15) is 18.6 Å². The highest BCUT2D eigenvalue weighted by atomic mass is 79.9. The van der Waals surface area contributed by atoms with Crippen molar-refractivity contribution in [1.29, 1.82) is 0 Å². The quantitative estimate of drug-likeness (QED) is 0.941. The first-order chi connectivity index (χ1) is 8.75. The highest BCUT2D eigenvalue weighted by Gasteiger charge is 2.32. The van der Waals surface area contributed by atoms with E-state index >= 15 is 0 Å². The van der Waals surface area contributed by atoms with Crippen LogP contribution in [0, 0.1) is 0 Å². The van der Waals surface area contributed by atoms with Gasteiger partial charge in [0, 0.05) is 6.04 Å². The number of H-pyrrole nitrogens is 1. The van der Waals surface area contributed by atoms with E-state index in [1.807, 2.05) is 12.1 Å². The second kappa shape index (κ2) is 4.61. The largest absolute Gasteiger partial charge is 0.467 e. The highest BCUT2D eigenvalue weighted by Crippen LogP contribution is 2.34. The molecule has 0 saturated heterocycles. The Labute approximate surface area is 112 Å². The zero-order valence-corrected chi connectivity index (χ0v) is 11.2. The maximum atomic E-state index is 11.6. The number of rotatable bonds is 4. The lowest BCUT2D eigenvalue weighted by molar-refractivity contribution is 0.500. The van der Waals surface area contributed by atoms with Crippen molar-refractivity contribution < 1.29 is 4.42 Å². The summed E-state index contributed by atoms with van der Waals surface area (Å²) in [6.45, 7) is 0.632. The lowest BCUT2D eigenvalue weighted by atomic mass is 10.3. The molecule has 0 atom stereocenters. The molecule has 0 aromatic carbocycles. The standard InChI is InChI=1S/C12H12BrN3O2/c13-10-11(14-7-15-12(10)17)16(8-3-4-8)6-9-2-1-5-18-9/h1-2,5,7-8H,3-4,6H2,(H,14,15,17). The van der Waals surface area contributed by atoms with Gasteiger partial charge in [0.15, 0.2) is 5.82 Å². The number of halogens is 1. The van der Waals surface area contributed by atoms with Crippen LogP contribution in [-0.4, -0.2) is 16.0 Å². The van der Waals surface area contributed by atoms with Crippen molar-refractivity contribution in [2.24, 2.45) is 0 Å². The first-order valence-corrected chi connectivity index (χ1v) is 6.57. The molecular weight excluding hydrogens is 298 g/mol. The fourth-order valence-electron chi connectivity index (χ4n) is 1.91. The molecule has 1 N–H and O–H groups in total. The third kappa shape index (κ3) is 2.20. The number of hydrogen-bond acceptors (Lipinski definition) is 4. The van der Waals surface area contributed by atoms with Crippen LogP contribution in [0.3, 0.4) is 0 Å². The number of nitrogens with zero attached hydrogens (tertiary/aromatic N) is 2. The topological polar surface area (TPSA) is 62.1 Å². The van der Waals surface area contributed by atoms with Gasteiger partial charge in [-0.15, -0.1) is 0 Å². The van der Waals surface area contributed by atoms with Crippen molar-refractivity contribution in [3.63, 3.8) is 0 Å². The minimum atomic E-state index is -0.162. The van der Waals surface area contributed by atoms with E-state index in [1.165, 1.54) is 6.33 Å². The Morgan fingerprint density at radius 1 is 1.56 bits per heavy atom. The molecule has 1 aliphatic carbocycles. The van der Waals surface area contributed by atoms with Crippen LogP contribution in [0.2, 0.25) is 0 Å². The average Bonchev–Trinajstić information content (AvgIpc) is 3.08. The molecule has 0 bridgehead atoms. The molecule has 0 aliphatic heterocycles. The maximum Gasteiger partial charge on any atom is 0.267 e. The van der Waals surface area contributed by atoms with Gasteiger partial charge in [-0.2, -0.15) is 0 Å². The number of hydrogen-bond donors (Lipinski definition) is 1. The van der Waals surface area contributed by atoms with Crippen molar-refractivity contribution in [2.45, 2.75) is 25.4 Å². The molecule has 18 heavy (non-hydrogen) atoms. The van der Waals surface area contributed by atoms with Gasteiger partial charge in [-0.1, -0.05) is 0 Å². The first-order valence-electron chi connectivity index (χ1n) is 5.78. The summed E-state index contributed by atoms with van der Waals surface area (Å²) < 4.78 is 5.84. The summed E-state index contributed by atoms with van der Waals surface area (Å²) in [5.41, 5.74) is -0.162. The molecule has 6 heteroatoms. The summed E-state index contributed by atoms with van der Waals surface area (Å²) in [7, 11) is 0. The third-order valence-electron chi connectivity index (χ3n) is 2.94. The minimum Gasteiger partial charge on any atom is -0.467 e. The fourth-order valence-corrected chi connectivity index (χ4v) is 2.35. The second-order valence-corrected chi connectivity index (χ2v) is 5.10. The highest BCUT2D eigenvalue weighted by molar-refractivity contribution is 9.10. The average molecular weight is 310 g/mol. The van der Waals surface area contributed by atoms with Crippen LogP contribution in [0.25, 0.3) is 0 Å². The summed E-state index contributed by atoms with van der Waals surface area (Å²) in [5.74, 6) is 1.55. The Bertz CT molecular complexity index is 590. The van der Waals surface area contributed by atoms with Gasteiger partial charge in [0.25, 0.3) is 5.56 Å². The summed E-state index contributed by atoms with van der Waals surface area (Å²) in [5, 5.41) is 0. The van der Waals surface area contributed by atoms with E-state index in [0.29, 0.717) is 22.9 Å². The van der Waals surface area contributed by atoms with Crippen LogP contribution in [0.15, 0.2) is 38.4 Å². The predicted octanol–water partition coefficient (Wildman–Crippen LogP) is 2.29. The second-order valence-electron chi connectivity index (χ2n) is 4.31. The molecule has 2 aromatic heterocycles. The fraction of sp³-hybridized carbons (Fsp3) is 0.333. The minimum absolute atomic E-state index is 0.162. The normalized spacial score (nSPS) is 14.7. The predicted molar refractivity (Wildman–Crippen MR) is 70.5 cm³/mol. The maximum absolute atomic E-state index is 11.6. The number of aromatic nitrogens is 2. The lowest BCUT2D eigenvalue weighted by Gasteiger charge is -2.22. The van der Waals surface area contributed by atoms with Gasteiger partial charge < -0.3 is 14.3 Å². The van der Waals surface area contributed by atoms with Gasteiger partial charge in [-0.05, 0) is 40.9 Å². The van der Waals surface area contributed by atoms with Crippen LogP contribution < -0.4 is 10.5 Å². The first kappa shape index (κ1) is 11.5. The van der Waals surface area contributed by atoms with E-state index in [1.54, 1.807) is 6.26 Å². The Kier molecular flexibility index (Phi) is 2.95. The Balaban J connectivity index is 1.94. The molecular formula is C12H12BrN3O2. The van der Waals surface area contributed by atoms with Crippen molar-refractivity contribution in [3.8, 4) is 0 Å². The molecule has 0 unspecified atom stereocenters. The van der Waals surface area contributed by atoms with Crippen LogP contribution in [0.5, 0.6) is 0 Å². The van der Waals surface area contributed by atoms with Gasteiger partial charge >= 0.3 is 0 Å². The number of aromatic amines is 1. The zero-order chi connectivity index (χ0) is 12.5. The Morgan fingerprint density at radius 3 is 3.06 bits per heavy atom. The smallest absolute Gasteiger partial charge is 0.267 e. The molecule has 1 fully saturated rings. The van der Waals surface area contributed by atoms with E-state index in [9.17, 15) is 4.79 Å². The Morgan fingerprint density at radius 2 is 2.39 bits per heavy atom. The van der Waals surface area contributed by atoms with Crippen molar-refractivity contribution >= 4 is 21.7 Å². The molecule has 94 valence electrons. The summed E-state index contributed by atoms with van der Waals surface area (Å²) in [6, 6.07) is 4.23. The molecule has 2 heterocycles. The summed E-state index contributed by atoms with van der Waals surface area (Å²) in [4.78, 5) is 20.5. The molecule has 0 radical (unpaired) electrons. The van der Waals surface area contributed by atoms with Gasteiger partial charge in [0.2, 0.25) is 0 Å². The van der Waals surface area contributed by atoms with Crippen molar-refractivity contribution in [2.75, 3.05) is 4.90 Å². The molecule has 5 nitrogen and oxygen atoms in total. The van der Waals surface area contributed by atoms with E-state index in [0.717, 1.165) is 18.6 Å². The lowest BCUT2D eigenvalue weighted by Crippen LogP contribution is -2.28. The zero-order valence-electron chi connectivity index (χ0n) is 9.60. The van der Waals surface area contributed by atoms with E-state index in [4.69, 9.17) is 4.42 Å². The van der Waals surface area contributed by atoms with Gasteiger partial charge in [-0.3, -0.25) is 4.79 Å². The van der Waals surface area contributed by atoms with Gasteiger partial charge in [0.1, 0.15) is 10.2 Å².